The second-order valence-corrected chi connectivity index (χ2v) is 8.31. The van der Waals surface area contributed by atoms with Crippen LogP contribution in [-0.4, -0.2) is 41.7 Å². The summed E-state index contributed by atoms with van der Waals surface area (Å²) >= 11 is 0. The van der Waals surface area contributed by atoms with Crippen molar-refractivity contribution in [3.8, 4) is 5.75 Å². The van der Waals surface area contributed by atoms with Gasteiger partial charge in [0.05, 0.1) is 11.7 Å². The number of likely N-dealkylation sites (N-methyl/N-ethyl adjacent to an activating group) is 1. The molecule has 154 valence electrons. The molecule has 3 atom stereocenters. The van der Waals surface area contributed by atoms with E-state index < -0.39 is 17.7 Å². The van der Waals surface area contributed by atoms with Gasteiger partial charge in [-0.2, -0.15) is 0 Å². The summed E-state index contributed by atoms with van der Waals surface area (Å²) in [5.41, 5.74) is 1.77. The number of nitrogens with one attached hydrogen (secondary N) is 2. The number of fused-ring (bicyclic) bond motifs is 4. The van der Waals surface area contributed by atoms with Gasteiger partial charge in [0.15, 0.2) is 0 Å². The van der Waals surface area contributed by atoms with Crippen LogP contribution in [0.3, 0.4) is 0 Å². The molecule has 7 heteroatoms. The van der Waals surface area contributed by atoms with Crippen molar-refractivity contribution in [2.24, 2.45) is 0 Å². The van der Waals surface area contributed by atoms with E-state index in [4.69, 9.17) is 0 Å². The number of anilines is 1. The molecule has 5 nitrogen and oxygen atoms in total. The van der Waals surface area contributed by atoms with Crippen molar-refractivity contribution in [3.05, 3.63) is 59.2 Å². The highest BCUT2D eigenvalue weighted by Crippen LogP contribution is 2.45. The summed E-state index contributed by atoms with van der Waals surface area (Å²) < 4.78 is 27.1. The molecule has 1 aliphatic heterocycles. The summed E-state index contributed by atoms with van der Waals surface area (Å²) in [4.78, 5) is 15.0. The average molecular weight is 401 g/mol. The van der Waals surface area contributed by atoms with Crippen molar-refractivity contribution < 1.29 is 18.7 Å². The quantitative estimate of drug-likeness (QED) is 0.718. The molecule has 1 saturated heterocycles. The fourth-order valence-electron chi connectivity index (χ4n) is 4.92. The highest BCUT2D eigenvalue weighted by Gasteiger charge is 2.49. The van der Waals surface area contributed by atoms with Crippen LogP contribution in [0.15, 0.2) is 36.4 Å². The number of carbonyl (C=O) groups excluding carboxylic acids is 1. The minimum atomic E-state index is -0.820. The monoisotopic (exact) mass is 401 g/mol. The molecule has 1 heterocycles. The van der Waals surface area contributed by atoms with Crippen LogP contribution in [0.5, 0.6) is 5.75 Å². The van der Waals surface area contributed by atoms with Gasteiger partial charge >= 0.3 is 6.03 Å². The van der Waals surface area contributed by atoms with E-state index in [1.807, 2.05) is 13.1 Å². The Hall–Kier alpha value is -2.67. The van der Waals surface area contributed by atoms with Crippen molar-refractivity contribution in [3.63, 3.8) is 0 Å². The standard InChI is InChI=1S/C22H25F2N3O2/c1-22-8-3-9-27(2)19(10-13-4-6-15(28)12-16(13)22)20(22)26-21(29)25-18-7-5-14(23)11-17(18)24/h4-7,11-12,19-20,28H,3,8-10H2,1-2H3,(H2,25,26,29)/t19-,20+,22+/m1/s1. The average Bonchev–Trinajstić information content (AvgIpc) is 2.73. The van der Waals surface area contributed by atoms with Gasteiger partial charge in [-0.25, -0.2) is 13.6 Å². The molecule has 0 unspecified atom stereocenters. The molecule has 2 aromatic carbocycles. The molecule has 0 saturated carbocycles. The third-order valence-electron chi connectivity index (χ3n) is 6.45. The summed E-state index contributed by atoms with van der Waals surface area (Å²) in [6, 6.07) is 7.82. The van der Waals surface area contributed by atoms with Gasteiger partial charge in [-0.15, -0.1) is 0 Å². The smallest absolute Gasteiger partial charge is 0.319 e. The molecule has 2 aliphatic rings. The number of aromatic hydroxyl groups is 1. The zero-order chi connectivity index (χ0) is 20.8. The molecule has 3 N–H and O–H groups in total. The van der Waals surface area contributed by atoms with Gasteiger partial charge in [-0.1, -0.05) is 13.0 Å². The van der Waals surface area contributed by atoms with E-state index in [2.05, 4.69) is 22.5 Å². The predicted octanol–water partition coefficient (Wildman–Crippen LogP) is 3.77. The number of carbonyl (C=O) groups is 1. The van der Waals surface area contributed by atoms with E-state index in [-0.39, 0.29) is 28.9 Å². The Bertz CT molecular complexity index is 952. The van der Waals surface area contributed by atoms with Crippen LogP contribution < -0.4 is 10.6 Å². The van der Waals surface area contributed by atoms with Crippen molar-refractivity contribution in [2.45, 2.75) is 43.7 Å². The maximum atomic E-state index is 13.9. The van der Waals surface area contributed by atoms with E-state index in [1.165, 1.54) is 11.6 Å². The van der Waals surface area contributed by atoms with E-state index in [0.29, 0.717) is 0 Å². The normalized spacial score (nSPS) is 26.3. The fourth-order valence-corrected chi connectivity index (χ4v) is 4.92. The summed E-state index contributed by atoms with van der Waals surface area (Å²) in [7, 11) is 2.05. The Morgan fingerprint density at radius 3 is 2.79 bits per heavy atom. The van der Waals surface area contributed by atoms with Crippen LogP contribution in [0.1, 0.15) is 30.9 Å². The highest BCUT2D eigenvalue weighted by molar-refractivity contribution is 5.89. The van der Waals surface area contributed by atoms with E-state index >= 15 is 0 Å². The molecular formula is C22H25F2N3O2. The molecule has 1 fully saturated rings. The topological polar surface area (TPSA) is 64.6 Å². The number of hydrogen-bond acceptors (Lipinski definition) is 3. The van der Waals surface area contributed by atoms with Gasteiger partial charge in [-0.05, 0) is 68.2 Å². The van der Waals surface area contributed by atoms with Crippen LogP contribution in [0.4, 0.5) is 19.3 Å². The van der Waals surface area contributed by atoms with Crippen LogP contribution >= 0.6 is 0 Å². The predicted molar refractivity (Wildman–Crippen MR) is 107 cm³/mol. The number of phenols is 1. The largest absolute Gasteiger partial charge is 0.508 e. The van der Waals surface area contributed by atoms with Gasteiger partial charge < -0.3 is 20.6 Å². The first-order chi connectivity index (χ1) is 13.8. The fraction of sp³-hybridized carbons (Fsp3) is 0.409. The Kier molecular flexibility index (Phi) is 4.94. The van der Waals surface area contributed by atoms with Crippen LogP contribution in [0.2, 0.25) is 0 Å². The third-order valence-corrected chi connectivity index (χ3v) is 6.45. The summed E-state index contributed by atoms with van der Waals surface area (Å²) in [5, 5.41) is 15.6. The Balaban J connectivity index is 1.65. The SMILES string of the molecule is CN1CCC[C@@]2(C)c3cc(O)ccc3C[C@@H]1[C@@H]2NC(=O)Nc1ccc(F)cc1F. The minimum Gasteiger partial charge on any atom is -0.508 e. The molecule has 2 bridgehead atoms. The molecule has 0 radical (unpaired) electrons. The van der Waals surface area contributed by atoms with Gasteiger partial charge in [-0.3, -0.25) is 0 Å². The van der Waals surface area contributed by atoms with Crippen LogP contribution in [0.25, 0.3) is 0 Å². The summed E-state index contributed by atoms with van der Waals surface area (Å²) in [6.45, 7) is 3.02. The Morgan fingerprint density at radius 2 is 2.03 bits per heavy atom. The first kappa shape index (κ1) is 19.6. The number of hydrogen-bond donors (Lipinski definition) is 3. The number of rotatable bonds is 2. The lowest BCUT2D eigenvalue weighted by molar-refractivity contribution is 0.159. The zero-order valence-electron chi connectivity index (χ0n) is 16.5. The van der Waals surface area contributed by atoms with Gasteiger partial charge in [0.1, 0.15) is 17.4 Å². The molecular weight excluding hydrogens is 376 g/mol. The van der Waals surface area contributed by atoms with E-state index in [9.17, 15) is 18.7 Å². The first-order valence-electron chi connectivity index (χ1n) is 9.83. The van der Waals surface area contributed by atoms with Gasteiger partial charge in [0, 0.05) is 17.5 Å². The number of nitrogens with zero attached hydrogens (tertiary/aromatic N) is 1. The number of halogens is 2. The van der Waals surface area contributed by atoms with Crippen molar-refractivity contribution in [2.75, 3.05) is 18.9 Å². The second-order valence-electron chi connectivity index (χ2n) is 8.31. The number of amides is 2. The molecule has 29 heavy (non-hydrogen) atoms. The summed E-state index contributed by atoms with van der Waals surface area (Å²) in [5.74, 6) is -1.31. The van der Waals surface area contributed by atoms with E-state index in [0.717, 1.165) is 43.5 Å². The molecule has 2 aromatic rings. The van der Waals surface area contributed by atoms with Crippen molar-refractivity contribution in [1.82, 2.24) is 10.2 Å². The lowest BCUT2D eigenvalue weighted by atomic mass is 9.64. The Labute approximate surface area is 168 Å². The van der Waals surface area contributed by atoms with E-state index in [1.54, 1.807) is 12.1 Å². The maximum Gasteiger partial charge on any atom is 0.319 e. The molecule has 1 aliphatic carbocycles. The number of phenolic OH excluding ortho intramolecular Hbond substituents is 1. The minimum absolute atomic E-state index is 0.0702. The van der Waals surface area contributed by atoms with Gasteiger partial charge in [0.2, 0.25) is 0 Å². The Morgan fingerprint density at radius 1 is 1.24 bits per heavy atom. The highest BCUT2D eigenvalue weighted by atomic mass is 19.1. The second kappa shape index (κ2) is 7.30. The molecule has 0 spiro atoms. The number of urea groups is 1. The zero-order valence-corrected chi connectivity index (χ0v) is 16.5. The maximum absolute atomic E-state index is 13.9. The van der Waals surface area contributed by atoms with Crippen molar-refractivity contribution in [1.29, 1.82) is 0 Å². The molecule has 2 amide bonds. The number of benzene rings is 2. The molecule has 4 rings (SSSR count). The third kappa shape index (κ3) is 3.55. The first-order valence-corrected chi connectivity index (χ1v) is 9.83. The van der Waals surface area contributed by atoms with Crippen LogP contribution in [0, 0.1) is 11.6 Å². The lowest BCUT2D eigenvalue weighted by Gasteiger charge is -2.48. The van der Waals surface area contributed by atoms with Crippen molar-refractivity contribution >= 4 is 11.7 Å². The van der Waals surface area contributed by atoms with Gasteiger partial charge in [0.25, 0.3) is 0 Å². The summed E-state index contributed by atoms with van der Waals surface area (Å²) in [6.07, 6.45) is 2.56. The van der Waals surface area contributed by atoms with Crippen LogP contribution in [-0.2, 0) is 11.8 Å². The lowest BCUT2D eigenvalue weighted by Crippen LogP contribution is -2.62. The molecule has 0 aromatic heterocycles. The number of likely N-dealkylation sites (tertiary alicyclic amines) is 1.